The summed E-state index contributed by atoms with van der Waals surface area (Å²) < 4.78 is 6.61. The third-order valence-corrected chi connectivity index (χ3v) is 5.91. The summed E-state index contributed by atoms with van der Waals surface area (Å²) in [7, 11) is 0. The lowest BCUT2D eigenvalue weighted by atomic mass is 9.74. The maximum absolute atomic E-state index is 13.0. The minimum atomic E-state index is -0.422. The minimum absolute atomic E-state index is 0.104. The summed E-state index contributed by atoms with van der Waals surface area (Å²) >= 11 is 0. The summed E-state index contributed by atoms with van der Waals surface area (Å²) in [5, 5.41) is 0. The molecule has 2 heterocycles. The van der Waals surface area contributed by atoms with Crippen LogP contribution in [-0.4, -0.2) is 17.0 Å². The standard InChI is InChI=1S/C16H22O2/c17-14-13-8-5-10-15(13)9-3-4-11-16(14,18-15)12-6-1-2-7-12/h3-4,12-13H,1-2,5-11H2/t13?,15-,16+/m1/s1. The lowest BCUT2D eigenvalue weighted by Gasteiger charge is -2.35. The van der Waals surface area contributed by atoms with Crippen LogP contribution in [0.2, 0.25) is 0 Å². The summed E-state index contributed by atoms with van der Waals surface area (Å²) in [6.45, 7) is 0. The zero-order valence-electron chi connectivity index (χ0n) is 11.0. The Balaban J connectivity index is 1.78. The molecule has 0 aromatic heterocycles. The minimum Gasteiger partial charge on any atom is -0.359 e. The van der Waals surface area contributed by atoms with Gasteiger partial charge in [0, 0.05) is 6.42 Å². The molecule has 1 spiro atoms. The van der Waals surface area contributed by atoms with Crippen molar-refractivity contribution in [1.82, 2.24) is 0 Å². The number of rotatable bonds is 1. The van der Waals surface area contributed by atoms with Crippen LogP contribution in [0.4, 0.5) is 0 Å². The Hall–Kier alpha value is -0.630. The first-order chi connectivity index (χ1) is 8.77. The molecule has 0 N–H and O–H groups in total. The molecule has 18 heavy (non-hydrogen) atoms. The van der Waals surface area contributed by atoms with Gasteiger partial charge in [0.2, 0.25) is 0 Å². The Morgan fingerprint density at radius 1 is 1.06 bits per heavy atom. The Morgan fingerprint density at radius 3 is 2.67 bits per heavy atom. The monoisotopic (exact) mass is 246 g/mol. The Kier molecular flexibility index (Phi) is 2.30. The average Bonchev–Trinajstić information content (AvgIpc) is 3.00. The van der Waals surface area contributed by atoms with Gasteiger partial charge in [-0.1, -0.05) is 25.0 Å². The highest BCUT2D eigenvalue weighted by molar-refractivity contribution is 5.93. The van der Waals surface area contributed by atoms with Crippen molar-refractivity contribution in [3.05, 3.63) is 12.2 Å². The lowest BCUT2D eigenvalue weighted by molar-refractivity contribution is -0.151. The van der Waals surface area contributed by atoms with Crippen molar-refractivity contribution in [2.45, 2.75) is 69.0 Å². The molecule has 1 saturated heterocycles. The van der Waals surface area contributed by atoms with E-state index in [1.807, 2.05) is 0 Å². The second-order valence-corrected chi connectivity index (χ2v) is 6.73. The first-order valence-electron chi connectivity index (χ1n) is 7.66. The molecular weight excluding hydrogens is 224 g/mol. The van der Waals surface area contributed by atoms with Gasteiger partial charge in [0.15, 0.2) is 5.78 Å². The highest BCUT2D eigenvalue weighted by Gasteiger charge is 2.65. The largest absolute Gasteiger partial charge is 0.359 e. The van der Waals surface area contributed by atoms with Crippen molar-refractivity contribution in [1.29, 1.82) is 0 Å². The van der Waals surface area contributed by atoms with Crippen LogP contribution in [0.25, 0.3) is 0 Å². The van der Waals surface area contributed by atoms with Crippen LogP contribution in [-0.2, 0) is 9.53 Å². The lowest BCUT2D eigenvalue weighted by Crippen LogP contribution is -2.44. The predicted octanol–water partition coefficient (Wildman–Crippen LogP) is 3.40. The molecule has 0 amide bonds. The topological polar surface area (TPSA) is 26.3 Å². The van der Waals surface area contributed by atoms with Crippen molar-refractivity contribution in [3.8, 4) is 0 Å². The van der Waals surface area contributed by atoms with Crippen molar-refractivity contribution in [2.75, 3.05) is 0 Å². The molecular formula is C16H22O2. The summed E-state index contributed by atoms with van der Waals surface area (Å²) in [6, 6.07) is 0. The van der Waals surface area contributed by atoms with E-state index in [0.717, 1.165) is 25.7 Å². The molecule has 1 unspecified atom stereocenters. The fourth-order valence-electron chi connectivity index (χ4n) is 5.06. The van der Waals surface area contributed by atoms with E-state index in [9.17, 15) is 4.79 Å². The van der Waals surface area contributed by atoms with Gasteiger partial charge in [-0.2, -0.15) is 0 Å². The van der Waals surface area contributed by atoms with E-state index in [1.165, 1.54) is 32.1 Å². The summed E-state index contributed by atoms with van der Waals surface area (Å²) in [6.07, 6.45) is 14.6. The van der Waals surface area contributed by atoms with Gasteiger partial charge in [-0.3, -0.25) is 4.79 Å². The Morgan fingerprint density at radius 2 is 1.83 bits per heavy atom. The molecule has 3 fully saturated rings. The first-order valence-corrected chi connectivity index (χ1v) is 7.66. The highest BCUT2D eigenvalue weighted by Crippen LogP contribution is 2.58. The molecule has 2 heteroatoms. The number of hydrogen-bond donors (Lipinski definition) is 0. The van der Waals surface area contributed by atoms with Crippen LogP contribution in [0.15, 0.2) is 12.2 Å². The molecule has 2 saturated carbocycles. The normalized spacial score (nSPS) is 47.6. The maximum Gasteiger partial charge on any atom is 0.171 e. The van der Waals surface area contributed by atoms with Crippen LogP contribution in [0.5, 0.6) is 0 Å². The number of hydrogen-bond acceptors (Lipinski definition) is 2. The van der Waals surface area contributed by atoms with Gasteiger partial charge in [-0.25, -0.2) is 0 Å². The number of ether oxygens (including phenoxy) is 1. The smallest absolute Gasteiger partial charge is 0.171 e. The molecule has 0 aromatic rings. The van der Waals surface area contributed by atoms with Crippen LogP contribution in [0.3, 0.4) is 0 Å². The molecule has 0 aromatic carbocycles. The van der Waals surface area contributed by atoms with Crippen molar-refractivity contribution < 1.29 is 9.53 Å². The average molecular weight is 246 g/mol. The fraction of sp³-hybridized carbons (Fsp3) is 0.812. The Bertz CT molecular complexity index is 407. The molecule has 98 valence electrons. The second-order valence-electron chi connectivity index (χ2n) is 6.73. The third-order valence-electron chi connectivity index (χ3n) is 5.91. The maximum atomic E-state index is 13.0. The molecule has 4 rings (SSSR count). The van der Waals surface area contributed by atoms with Gasteiger partial charge in [0.05, 0.1) is 11.5 Å². The number of carbonyl (C=O) groups excluding carboxylic acids is 1. The third kappa shape index (κ3) is 1.25. The quantitative estimate of drug-likeness (QED) is 0.663. The van der Waals surface area contributed by atoms with E-state index >= 15 is 0 Å². The van der Waals surface area contributed by atoms with Crippen LogP contribution in [0.1, 0.15) is 57.8 Å². The molecule has 3 atom stereocenters. The van der Waals surface area contributed by atoms with E-state index in [4.69, 9.17) is 4.74 Å². The van der Waals surface area contributed by atoms with Gasteiger partial charge in [0.25, 0.3) is 0 Å². The van der Waals surface area contributed by atoms with E-state index in [1.54, 1.807) is 0 Å². The van der Waals surface area contributed by atoms with E-state index in [0.29, 0.717) is 11.7 Å². The Labute approximate surface area is 109 Å². The summed E-state index contributed by atoms with van der Waals surface area (Å²) in [5.41, 5.74) is -0.527. The molecule has 0 radical (unpaired) electrons. The second kappa shape index (κ2) is 3.69. The molecule has 2 bridgehead atoms. The van der Waals surface area contributed by atoms with Gasteiger partial charge in [0.1, 0.15) is 5.60 Å². The number of fused-ring (bicyclic) bond motifs is 1. The van der Waals surface area contributed by atoms with Crippen LogP contribution < -0.4 is 0 Å². The van der Waals surface area contributed by atoms with Gasteiger partial charge in [-0.05, 0) is 44.4 Å². The van der Waals surface area contributed by atoms with Gasteiger partial charge >= 0.3 is 0 Å². The van der Waals surface area contributed by atoms with Gasteiger partial charge < -0.3 is 4.74 Å². The van der Waals surface area contributed by atoms with E-state index < -0.39 is 5.60 Å². The molecule has 2 aliphatic carbocycles. The number of carbonyl (C=O) groups is 1. The van der Waals surface area contributed by atoms with Crippen molar-refractivity contribution >= 4 is 5.78 Å². The molecule has 2 nitrogen and oxygen atoms in total. The van der Waals surface area contributed by atoms with E-state index in [2.05, 4.69) is 12.2 Å². The molecule has 4 aliphatic rings. The first kappa shape index (κ1) is 11.2. The van der Waals surface area contributed by atoms with E-state index in [-0.39, 0.29) is 11.5 Å². The molecule has 2 aliphatic heterocycles. The van der Waals surface area contributed by atoms with Crippen LogP contribution in [0, 0.1) is 11.8 Å². The summed E-state index contributed by atoms with van der Waals surface area (Å²) in [4.78, 5) is 13.0. The number of Topliss-reactive ketones (excluding diaryl/α,β-unsaturated/α-hetero) is 1. The number of ketones is 1. The predicted molar refractivity (Wildman–Crippen MR) is 69.2 cm³/mol. The highest BCUT2D eigenvalue weighted by atomic mass is 16.5. The fourth-order valence-corrected chi connectivity index (χ4v) is 5.06. The zero-order valence-corrected chi connectivity index (χ0v) is 11.0. The van der Waals surface area contributed by atoms with Crippen molar-refractivity contribution in [3.63, 3.8) is 0 Å². The van der Waals surface area contributed by atoms with Crippen LogP contribution >= 0.6 is 0 Å². The van der Waals surface area contributed by atoms with Crippen molar-refractivity contribution in [2.24, 2.45) is 11.8 Å². The van der Waals surface area contributed by atoms with Gasteiger partial charge in [-0.15, -0.1) is 0 Å². The summed E-state index contributed by atoms with van der Waals surface area (Å²) in [5.74, 6) is 1.18. The zero-order chi connectivity index (χ0) is 12.2. The SMILES string of the molecule is O=C1C2CCC[C@]23CC=CC[C@@]1(C1CCCC1)O3.